The predicted molar refractivity (Wildman–Crippen MR) is 100 cm³/mol. The summed E-state index contributed by atoms with van der Waals surface area (Å²) in [5.74, 6) is -0.0182. The Morgan fingerprint density at radius 3 is 2.46 bits per heavy atom. The summed E-state index contributed by atoms with van der Waals surface area (Å²) in [4.78, 5) is 25.2. The number of carboxylic acid groups (broad SMARTS) is 1. The number of carbonyl (C=O) groups is 2. The number of aryl methyl sites for hydroxylation is 1. The summed E-state index contributed by atoms with van der Waals surface area (Å²) in [6, 6.07) is 3.56. The third kappa shape index (κ3) is 5.25. The average molecular weight is 387 g/mol. The van der Waals surface area contributed by atoms with E-state index >= 15 is 0 Å². The number of ether oxygens (including phenoxy) is 2. The van der Waals surface area contributed by atoms with Gasteiger partial charge in [-0.2, -0.15) is 0 Å². The first kappa shape index (κ1) is 22.1. The highest BCUT2D eigenvalue weighted by atomic mass is 35.5. The first-order valence-electron chi connectivity index (χ1n) is 8.32. The second-order valence-corrected chi connectivity index (χ2v) is 6.41. The molecule has 2 atom stereocenters. The SMILES string of the molecule is COc1cc(C)c(C(C)NC(=O)CN2CCC(C(=O)O)C2)cc1OC.Cl. The Morgan fingerprint density at radius 2 is 1.92 bits per heavy atom. The van der Waals surface area contributed by atoms with E-state index in [4.69, 9.17) is 14.6 Å². The Kier molecular flexibility index (Phi) is 8.17. The van der Waals surface area contributed by atoms with E-state index in [0.717, 1.165) is 11.1 Å². The van der Waals surface area contributed by atoms with Crippen LogP contribution in [0.15, 0.2) is 12.1 Å². The number of rotatable bonds is 7. The van der Waals surface area contributed by atoms with Gasteiger partial charge in [-0.25, -0.2) is 0 Å². The van der Waals surface area contributed by atoms with Gasteiger partial charge in [-0.3, -0.25) is 14.5 Å². The van der Waals surface area contributed by atoms with Crippen LogP contribution in [0.3, 0.4) is 0 Å². The van der Waals surface area contributed by atoms with Gasteiger partial charge in [0, 0.05) is 6.54 Å². The summed E-state index contributed by atoms with van der Waals surface area (Å²) in [6.07, 6.45) is 0.590. The van der Waals surface area contributed by atoms with E-state index in [2.05, 4.69) is 5.32 Å². The normalized spacial score (nSPS) is 17.9. The number of amides is 1. The first-order chi connectivity index (χ1) is 11.8. The fourth-order valence-corrected chi connectivity index (χ4v) is 3.21. The van der Waals surface area contributed by atoms with Gasteiger partial charge in [0.05, 0.1) is 32.7 Å². The standard InChI is InChI=1S/C18H26N2O5.ClH/c1-11-7-15(24-3)16(25-4)8-14(11)12(2)19-17(21)10-20-6-5-13(9-20)18(22)23;/h7-8,12-13H,5-6,9-10H2,1-4H3,(H,19,21)(H,22,23);1H. The van der Waals surface area contributed by atoms with Crippen LogP contribution in [0.4, 0.5) is 0 Å². The van der Waals surface area contributed by atoms with Gasteiger partial charge in [-0.15, -0.1) is 12.4 Å². The molecule has 1 amide bonds. The van der Waals surface area contributed by atoms with E-state index in [1.54, 1.807) is 14.2 Å². The summed E-state index contributed by atoms with van der Waals surface area (Å²) in [5, 5.41) is 12.0. The molecule has 0 spiro atoms. The second kappa shape index (κ2) is 9.64. The lowest BCUT2D eigenvalue weighted by Gasteiger charge is -2.21. The monoisotopic (exact) mass is 386 g/mol. The highest BCUT2D eigenvalue weighted by molar-refractivity contribution is 5.85. The van der Waals surface area contributed by atoms with Crippen molar-refractivity contribution in [3.05, 3.63) is 23.3 Å². The lowest BCUT2D eigenvalue weighted by atomic mass is 10.0. The summed E-state index contributed by atoms with van der Waals surface area (Å²) >= 11 is 0. The molecule has 1 saturated heterocycles. The zero-order valence-corrected chi connectivity index (χ0v) is 16.4. The van der Waals surface area contributed by atoms with E-state index < -0.39 is 5.97 Å². The zero-order valence-electron chi connectivity index (χ0n) is 15.6. The number of hydrogen-bond donors (Lipinski definition) is 2. The van der Waals surface area contributed by atoms with Crippen LogP contribution in [0.25, 0.3) is 0 Å². The number of carbonyl (C=O) groups excluding carboxylic acids is 1. The number of aliphatic carboxylic acids is 1. The highest BCUT2D eigenvalue weighted by Crippen LogP contribution is 2.32. The molecule has 0 aliphatic carbocycles. The Morgan fingerprint density at radius 1 is 1.31 bits per heavy atom. The molecule has 8 heteroatoms. The van der Waals surface area contributed by atoms with Gasteiger partial charge in [0.25, 0.3) is 0 Å². The van der Waals surface area contributed by atoms with Gasteiger partial charge < -0.3 is 19.9 Å². The molecule has 0 bridgehead atoms. The maximum absolute atomic E-state index is 12.3. The topological polar surface area (TPSA) is 88.1 Å². The molecule has 7 nitrogen and oxygen atoms in total. The molecule has 1 fully saturated rings. The summed E-state index contributed by atoms with van der Waals surface area (Å²) < 4.78 is 10.6. The first-order valence-corrected chi connectivity index (χ1v) is 8.32. The Labute approximate surface area is 160 Å². The van der Waals surface area contributed by atoms with Crippen molar-refractivity contribution in [2.45, 2.75) is 26.3 Å². The molecule has 0 radical (unpaired) electrons. The minimum atomic E-state index is -0.794. The molecule has 1 aliphatic heterocycles. The Bertz CT molecular complexity index is 653. The maximum Gasteiger partial charge on any atom is 0.307 e. The number of nitrogens with one attached hydrogen (secondary N) is 1. The number of carboxylic acids is 1. The molecule has 0 saturated carbocycles. The molecule has 1 heterocycles. The van der Waals surface area contributed by atoms with Gasteiger partial charge in [0.15, 0.2) is 11.5 Å². The van der Waals surface area contributed by atoms with Crippen LogP contribution in [-0.2, 0) is 9.59 Å². The number of benzene rings is 1. The van der Waals surface area contributed by atoms with Gasteiger partial charge in [0.1, 0.15) is 0 Å². The van der Waals surface area contributed by atoms with Gasteiger partial charge in [-0.05, 0) is 50.1 Å². The largest absolute Gasteiger partial charge is 0.493 e. The molecule has 0 aromatic heterocycles. The predicted octanol–water partition coefficient (Wildman–Crippen LogP) is 2.02. The van der Waals surface area contributed by atoms with Crippen molar-refractivity contribution in [1.29, 1.82) is 0 Å². The smallest absolute Gasteiger partial charge is 0.307 e. The second-order valence-electron chi connectivity index (χ2n) is 6.41. The average Bonchev–Trinajstić information content (AvgIpc) is 3.02. The number of hydrogen-bond acceptors (Lipinski definition) is 5. The summed E-state index contributed by atoms with van der Waals surface area (Å²) in [5.41, 5.74) is 1.95. The van der Waals surface area contributed by atoms with Crippen LogP contribution in [0.1, 0.15) is 30.5 Å². The Balaban J connectivity index is 0.00000338. The van der Waals surface area contributed by atoms with Crippen LogP contribution in [0.5, 0.6) is 11.5 Å². The molecule has 2 unspecified atom stereocenters. The van der Waals surface area contributed by atoms with E-state index in [9.17, 15) is 9.59 Å². The minimum absolute atomic E-state index is 0. The molecule has 1 aromatic rings. The van der Waals surface area contributed by atoms with Crippen LogP contribution < -0.4 is 14.8 Å². The molecule has 1 aromatic carbocycles. The number of likely N-dealkylation sites (tertiary alicyclic amines) is 1. The van der Waals surface area contributed by atoms with Crippen LogP contribution >= 0.6 is 12.4 Å². The molecule has 26 heavy (non-hydrogen) atoms. The van der Waals surface area contributed by atoms with Crippen LogP contribution in [0, 0.1) is 12.8 Å². The fourth-order valence-electron chi connectivity index (χ4n) is 3.21. The van der Waals surface area contributed by atoms with Crippen LogP contribution in [0.2, 0.25) is 0 Å². The number of methoxy groups -OCH3 is 2. The molecule has 1 aliphatic rings. The minimum Gasteiger partial charge on any atom is -0.493 e. The number of nitrogens with zero attached hydrogens (tertiary/aromatic N) is 1. The molecule has 2 rings (SSSR count). The van der Waals surface area contributed by atoms with Crippen molar-refractivity contribution in [2.24, 2.45) is 5.92 Å². The van der Waals surface area contributed by atoms with Crippen molar-refractivity contribution in [3.63, 3.8) is 0 Å². The van der Waals surface area contributed by atoms with E-state index in [1.807, 2.05) is 30.9 Å². The summed E-state index contributed by atoms with van der Waals surface area (Å²) in [7, 11) is 3.16. The van der Waals surface area contributed by atoms with Gasteiger partial charge >= 0.3 is 5.97 Å². The van der Waals surface area contributed by atoms with Crippen molar-refractivity contribution in [3.8, 4) is 11.5 Å². The lowest BCUT2D eigenvalue weighted by Crippen LogP contribution is -2.37. The van der Waals surface area contributed by atoms with Gasteiger partial charge in [0.2, 0.25) is 5.91 Å². The third-order valence-electron chi connectivity index (χ3n) is 4.61. The lowest BCUT2D eigenvalue weighted by molar-refractivity contribution is -0.141. The molecular formula is C18H27ClN2O5. The summed E-state index contributed by atoms with van der Waals surface area (Å²) in [6.45, 7) is 5.13. The van der Waals surface area contributed by atoms with E-state index in [-0.39, 0.29) is 36.8 Å². The highest BCUT2D eigenvalue weighted by Gasteiger charge is 2.29. The van der Waals surface area contributed by atoms with Crippen molar-refractivity contribution < 1.29 is 24.2 Å². The Hall–Kier alpha value is -1.99. The molecule has 146 valence electrons. The van der Waals surface area contributed by atoms with Crippen LogP contribution in [-0.4, -0.2) is 55.7 Å². The third-order valence-corrected chi connectivity index (χ3v) is 4.61. The molecule has 2 N–H and O–H groups in total. The van der Waals surface area contributed by atoms with E-state index in [1.165, 1.54) is 0 Å². The quantitative estimate of drug-likeness (QED) is 0.745. The van der Waals surface area contributed by atoms with Crippen molar-refractivity contribution >= 4 is 24.3 Å². The van der Waals surface area contributed by atoms with Gasteiger partial charge in [-0.1, -0.05) is 0 Å². The van der Waals surface area contributed by atoms with E-state index in [0.29, 0.717) is 31.0 Å². The fraction of sp³-hybridized carbons (Fsp3) is 0.556. The maximum atomic E-state index is 12.3. The zero-order chi connectivity index (χ0) is 18.6. The molecular weight excluding hydrogens is 360 g/mol. The van der Waals surface area contributed by atoms with Crippen molar-refractivity contribution in [2.75, 3.05) is 33.9 Å². The van der Waals surface area contributed by atoms with Crippen molar-refractivity contribution in [1.82, 2.24) is 10.2 Å². The number of halogens is 1.